The number of amides is 1. The fraction of sp³-hybridized carbons (Fsp3) is 0. The van der Waals surface area contributed by atoms with Gasteiger partial charge in [-0.25, -0.2) is 0 Å². The Morgan fingerprint density at radius 2 is 1.86 bits per heavy atom. The van der Waals surface area contributed by atoms with E-state index >= 15 is 0 Å². The van der Waals surface area contributed by atoms with E-state index in [-0.39, 0.29) is 5.91 Å². The molecule has 0 aliphatic rings. The average molecular weight is 337 g/mol. The van der Waals surface area contributed by atoms with Crippen LogP contribution in [0, 0.1) is 0 Å². The molecule has 0 spiro atoms. The summed E-state index contributed by atoms with van der Waals surface area (Å²) in [4.78, 5) is 12.8. The summed E-state index contributed by atoms with van der Waals surface area (Å²) in [6.45, 7) is 0. The Morgan fingerprint density at radius 1 is 1.10 bits per heavy atom. The Hall–Kier alpha value is -1.75. The third-order valence-corrected chi connectivity index (χ3v) is 4.63. The van der Waals surface area contributed by atoms with Gasteiger partial charge < -0.3 is 11.1 Å². The number of anilines is 2. The Bertz CT molecular complexity index is 845. The molecule has 1 aromatic heterocycles. The van der Waals surface area contributed by atoms with E-state index < -0.39 is 0 Å². The Balaban J connectivity index is 1.96. The topological polar surface area (TPSA) is 55.1 Å². The van der Waals surface area contributed by atoms with E-state index in [0.29, 0.717) is 26.3 Å². The number of nitrogen functional groups attached to an aromatic ring is 1. The van der Waals surface area contributed by atoms with Gasteiger partial charge in [-0.3, -0.25) is 4.79 Å². The van der Waals surface area contributed by atoms with Crippen LogP contribution in [0.25, 0.3) is 10.1 Å². The second-order valence-electron chi connectivity index (χ2n) is 4.45. The van der Waals surface area contributed by atoms with Crippen LogP contribution in [-0.4, -0.2) is 5.91 Å². The van der Waals surface area contributed by atoms with Gasteiger partial charge in [-0.15, -0.1) is 11.3 Å². The van der Waals surface area contributed by atoms with Gasteiger partial charge in [0.1, 0.15) is 4.88 Å². The van der Waals surface area contributed by atoms with Gasteiger partial charge in [0.25, 0.3) is 5.91 Å². The summed E-state index contributed by atoms with van der Waals surface area (Å²) in [5.74, 6) is -0.257. The zero-order valence-corrected chi connectivity index (χ0v) is 13.0. The number of hydrogen-bond acceptors (Lipinski definition) is 3. The van der Waals surface area contributed by atoms with Gasteiger partial charge >= 0.3 is 0 Å². The number of rotatable bonds is 2. The fourth-order valence-corrected chi connectivity index (χ4v) is 3.37. The number of carbonyl (C=O) groups is 1. The molecule has 0 fully saturated rings. The third-order valence-electron chi connectivity index (χ3n) is 2.98. The zero-order chi connectivity index (χ0) is 15.0. The van der Waals surface area contributed by atoms with Crippen molar-refractivity contribution in [2.75, 3.05) is 11.1 Å². The zero-order valence-electron chi connectivity index (χ0n) is 10.7. The molecule has 3 nitrogen and oxygen atoms in total. The predicted molar refractivity (Wildman–Crippen MR) is 90.7 cm³/mol. The second kappa shape index (κ2) is 5.56. The maximum atomic E-state index is 12.3. The monoisotopic (exact) mass is 336 g/mol. The molecule has 2 aromatic carbocycles. The van der Waals surface area contributed by atoms with Crippen LogP contribution in [0.1, 0.15) is 9.67 Å². The van der Waals surface area contributed by atoms with Crippen LogP contribution in [0.3, 0.4) is 0 Å². The minimum absolute atomic E-state index is 0.257. The molecular weight excluding hydrogens is 327 g/mol. The van der Waals surface area contributed by atoms with Gasteiger partial charge in [-0.2, -0.15) is 0 Å². The first-order valence-electron chi connectivity index (χ1n) is 6.09. The Kier molecular flexibility index (Phi) is 3.76. The highest BCUT2D eigenvalue weighted by Gasteiger charge is 2.16. The summed E-state index contributed by atoms with van der Waals surface area (Å²) in [6, 6.07) is 12.4. The van der Waals surface area contributed by atoms with Gasteiger partial charge in [0.15, 0.2) is 0 Å². The van der Waals surface area contributed by atoms with Gasteiger partial charge in [-0.1, -0.05) is 29.3 Å². The van der Waals surface area contributed by atoms with Crippen LogP contribution in [0.5, 0.6) is 0 Å². The first-order chi connectivity index (χ1) is 10.0. The number of carbonyl (C=O) groups excluding carboxylic acids is 1. The standard InChI is InChI=1S/C15H10Cl2N2OS/c16-8-2-1-3-10(6-8)19-15(20)14-13(18)11-7-9(17)4-5-12(11)21-14/h1-7H,18H2,(H,19,20). The van der Waals surface area contributed by atoms with E-state index in [4.69, 9.17) is 28.9 Å². The molecular formula is C15H10Cl2N2OS. The van der Waals surface area contributed by atoms with E-state index in [1.54, 1.807) is 36.4 Å². The minimum atomic E-state index is -0.257. The van der Waals surface area contributed by atoms with Crippen LogP contribution in [-0.2, 0) is 0 Å². The Morgan fingerprint density at radius 3 is 2.62 bits per heavy atom. The molecule has 0 unspecified atom stereocenters. The van der Waals surface area contributed by atoms with Crippen LogP contribution < -0.4 is 11.1 Å². The molecule has 0 saturated carbocycles. The molecule has 0 aliphatic carbocycles. The van der Waals surface area contributed by atoms with Gasteiger partial charge in [-0.05, 0) is 36.4 Å². The van der Waals surface area contributed by atoms with E-state index in [1.165, 1.54) is 11.3 Å². The summed E-state index contributed by atoms with van der Waals surface area (Å²) >= 11 is 13.2. The van der Waals surface area contributed by atoms with Crippen molar-refractivity contribution in [3.63, 3.8) is 0 Å². The molecule has 21 heavy (non-hydrogen) atoms. The van der Waals surface area contributed by atoms with Crippen molar-refractivity contribution in [3.05, 3.63) is 57.4 Å². The van der Waals surface area contributed by atoms with Crippen LogP contribution in [0.15, 0.2) is 42.5 Å². The number of benzene rings is 2. The number of hydrogen-bond donors (Lipinski definition) is 2. The second-order valence-corrected chi connectivity index (χ2v) is 6.37. The molecule has 3 rings (SSSR count). The van der Waals surface area contributed by atoms with Gasteiger partial charge in [0, 0.05) is 25.8 Å². The highest BCUT2D eigenvalue weighted by atomic mass is 35.5. The van der Waals surface area contributed by atoms with Crippen LogP contribution in [0.4, 0.5) is 11.4 Å². The van der Waals surface area contributed by atoms with Crippen LogP contribution >= 0.6 is 34.5 Å². The van der Waals surface area contributed by atoms with Gasteiger partial charge in [0.2, 0.25) is 0 Å². The lowest BCUT2D eigenvalue weighted by Crippen LogP contribution is -2.11. The summed E-state index contributed by atoms with van der Waals surface area (Å²) in [5.41, 5.74) is 7.13. The molecule has 0 bridgehead atoms. The summed E-state index contributed by atoms with van der Waals surface area (Å²) in [6.07, 6.45) is 0. The number of halogens is 2. The third kappa shape index (κ3) is 2.83. The quantitative estimate of drug-likeness (QED) is 0.688. The molecule has 0 atom stereocenters. The molecule has 106 valence electrons. The largest absolute Gasteiger partial charge is 0.397 e. The number of nitrogens with one attached hydrogen (secondary N) is 1. The molecule has 0 radical (unpaired) electrons. The average Bonchev–Trinajstić information content (AvgIpc) is 2.76. The van der Waals surface area contributed by atoms with Crippen molar-refractivity contribution in [1.29, 1.82) is 0 Å². The van der Waals surface area contributed by atoms with Crippen molar-refractivity contribution in [3.8, 4) is 0 Å². The molecule has 0 aliphatic heterocycles. The van der Waals surface area contributed by atoms with E-state index in [0.717, 1.165) is 10.1 Å². The first kappa shape index (κ1) is 14.2. The maximum Gasteiger partial charge on any atom is 0.267 e. The molecule has 6 heteroatoms. The molecule has 1 amide bonds. The fourth-order valence-electron chi connectivity index (χ4n) is 2.01. The van der Waals surface area contributed by atoms with E-state index in [1.807, 2.05) is 6.07 Å². The van der Waals surface area contributed by atoms with Crippen molar-refractivity contribution < 1.29 is 4.79 Å². The SMILES string of the molecule is Nc1c(C(=O)Nc2cccc(Cl)c2)sc2ccc(Cl)cc12. The first-order valence-corrected chi connectivity index (χ1v) is 7.66. The lowest BCUT2D eigenvalue weighted by Gasteiger charge is -2.04. The van der Waals surface area contributed by atoms with Crippen molar-refractivity contribution in [2.45, 2.75) is 0 Å². The molecule has 0 saturated heterocycles. The number of thiophene rings is 1. The maximum absolute atomic E-state index is 12.3. The lowest BCUT2D eigenvalue weighted by atomic mass is 10.2. The van der Waals surface area contributed by atoms with E-state index in [9.17, 15) is 4.79 Å². The van der Waals surface area contributed by atoms with Crippen molar-refractivity contribution in [1.82, 2.24) is 0 Å². The molecule has 3 N–H and O–H groups in total. The van der Waals surface area contributed by atoms with Crippen molar-refractivity contribution >= 4 is 61.9 Å². The summed E-state index contributed by atoms with van der Waals surface area (Å²) < 4.78 is 0.924. The lowest BCUT2D eigenvalue weighted by molar-refractivity contribution is 0.103. The predicted octanol–water partition coefficient (Wildman–Crippen LogP) is 5.04. The van der Waals surface area contributed by atoms with Crippen molar-refractivity contribution in [2.24, 2.45) is 0 Å². The summed E-state index contributed by atoms with van der Waals surface area (Å²) in [7, 11) is 0. The summed E-state index contributed by atoms with van der Waals surface area (Å²) in [5, 5.41) is 4.74. The van der Waals surface area contributed by atoms with Gasteiger partial charge in [0.05, 0.1) is 5.69 Å². The minimum Gasteiger partial charge on any atom is -0.397 e. The smallest absolute Gasteiger partial charge is 0.267 e. The normalized spacial score (nSPS) is 10.8. The Labute approximate surface area is 135 Å². The highest BCUT2D eigenvalue weighted by Crippen LogP contribution is 2.35. The van der Waals surface area contributed by atoms with E-state index in [2.05, 4.69) is 5.32 Å². The molecule has 1 heterocycles. The highest BCUT2D eigenvalue weighted by molar-refractivity contribution is 7.21. The number of fused-ring (bicyclic) bond motifs is 1. The molecule has 3 aromatic rings. The van der Waals surface area contributed by atoms with Crippen LogP contribution in [0.2, 0.25) is 10.0 Å². The number of nitrogens with two attached hydrogens (primary N) is 1.